The van der Waals surface area contributed by atoms with E-state index in [1.165, 1.54) is 32.1 Å². The van der Waals surface area contributed by atoms with Gasteiger partial charge in [-0.25, -0.2) is 4.98 Å². The second-order valence-corrected chi connectivity index (χ2v) is 5.74. The number of aryl methyl sites for hydroxylation is 2. The summed E-state index contributed by atoms with van der Waals surface area (Å²) in [7, 11) is 0. The zero-order valence-electron chi connectivity index (χ0n) is 10.2. The number of pyridine rings is 1. The van der Waals surface area contributed by atoms with E-state index >= 15 is 0 Å². The summed E-state index contributed by atoms with van der Waals surface area (Å²) >= 11 is 1.78. The topological polar surface area (TPSA) is 28.7 Å². The Morgan fingerprint density at radius 3 is 2.89 bits per heavy atom. The maximum atomic E-state index is 4.65. The van der Waals surface area contributed by atoms with Gasteiger partial charge < -0.3 is 4.98 Å². The number of thiophene rings is 1. The molecule has 3 heterocycles. The van der Waals surface area contributed by atoms with Crippen LogP contribution in [0.1, 0.15) is 11.3 Å². The van der Waals surface area contributed by atoms with E-state index in [2.05, 4.69) is 54.1 Å². The number of aromatic nitrogens is 2. The lowest BCUT2D eigenvalue weighted by molar-refractivity contribution is 1.25. The van der Waals surface area contributed by atoms with Crippen molar-refractivity contribution >= 4 is 42.7 Å². The number of nitrogens with one attached hydrogen (secondary N) is 1. The molecule has 0 amide bonds. The summed E-state index contributed by atoms with van der Waals surface area (Å²) in [5.74, 6) is 0. The third kappa shape index (κ3) is 1.20. The molecule has 4 rings (SSSR count). The van der Waals surface area contributed by atoms with Crippen LogP contribution in [0.5, 0.6) is 0 Å². The molecule has 0 spiro atoms. The fraction of sp³-hybridized carbons (Fsp3) is 0.133. The van der Waals surface area contributed by atoms with Crippen molar-refractivity contribution in [2.24, 2.45) is 0 Å². The lowest BCUT2D eigenvalue weighted by Crippen LogP contribution is -1.83. The molecule has 1 N–H and O–H groups in total. The van der Waals surface area contributed by atoms with Crippen LogP contribution in [0.25, 0.3) is 31.3 Å². The van der Waals surface area contributed by atoms with Crippen molar-refractivity contribution in [3.8, 4) is 0 Å². The Bertz CT molecular complexity index is 899. The van der Waals surface area contributed by atoms with Crippen molar-refractivity contribution in [1.82, 2.24) is 9.97 Å². The van der Waals surface area contributed by atoms with Gasteiger partial charge in [0.25, 0.3) is 0 Å². The van der Waals surface area contributed by atoms with Crippen molar-refractivity contribution in [2.75, 3.05) is 0 Å². The van der Waals surface area contributed by atoms with E-state index in [0.29, 0.717) is 0 Å². The summed E-state index contributed by atoms with van der Waals surface area (Å²) in [6.45, 7) is 4.22. The van der Waals surface area contributed by atoms with Crippen LogP contribution >= 0.6 is 11.3 Å². The van der Waals surface area contributed by atoms with Crippen molar-refractivity contribution in [3.63, 3.8) is 0 Å². The highest BCUT2D eigenvalue weighted by molar-refractivity contribution is 7.26. The molecule has 0 radical (unpaired) electrons. The standard InChI is InChI=1S/C15H12N2S/c1-8-7-9(2)16-15-12(8)13-14(18-15)10-5-3-4-6-11(10)17-13/h3-7,17H,1-2H3. The maximum Gasteiger partial charge on any atom is 0.126 e. The molecule has 0 fully saturated rings. The van der Waals surface area contributed by atoms with Crippen molar-refractivity contribution in [1.29, 1.82) is 0 Å². The van der Waals surface area contributed by atoms with Gasteiger partial charge in [-0.15, -0.1) is 11.3 Å². The minimum absolute atomic E-state index is 1.09. The first-order valence-electron chi connectivity index (χ1n) is 6.01. The van der Waals surface area contributed by atoms with Gasteiger partial charge in [-0.2, -0.15) is 0 Å². The van der Waals surface area contributed by atoms with Crippen LogP contribution in [0.4, 0.5) is 0 Å². The van der Waals surface area contributed by atoms with Gasteiger partial charge in [0.05, 0.1) is 10.2 Å². The molecule has 3 aromatic heterocycles. The highest BCUT2D eigenvalue weighted by atomic mass is 32.1. The van der Waals surface area contributed by atoms with E-state index < -0.39 is 0 Å². The fourth-order valence-electron chi connectivity index (χ4n) is 2.68. The number of para-hydroxylation sites is 1. The fourth-order valence-corrected chi connectivity index (χ4v) is 3.97. The number of hydrogen-bond acceptors (Lipinski definition) is 2. The average molecular weight is 252 g/mol. The van der Waals surface area contributed by atoms with E-state index in [4.69, 9.17) is 0 Å². The molecule has 4 aromatic rings. The molecule has 0 atom stereocenters. The van der Waals surface area contributed by atoms with Gasteiger partial charge in [0.1, 0.15) is 4.83 Å². The minimum atomic E-state index is 1.09. The molecule has 18 heavy (non-hydrogen) atoms. The minimum Gasteiger partial charge on any atom is -0.353 e. The predicted octanol–water partition coefficient (Wildman–Crippen LogP) is 4.55. The molecular weight excluding hydrogens is 240 g/mol. The average Bonchev–Trinajstić information content (AvgIpc) is 2.83. The molecule has 0 bridgehead atoms. The summed E-state index contributed by atoms with van der Waals surface area (Å²) in [5, 5.41) is 2.57. The van der Waals surface area contributed by atoms with Crippen LogP contribution in [0.3, 0.4) is 0 Å². The van der Waals surface area contributed by atoms with E-state index in [9.17, 15) is 0 Å². The van der Waals surface area contributed by atoms with Gasteiger partial charge in [-0.05, 0) is 31.5 Å². The molecule has 3 heteroatoms. The number of fused-ring (bicyclic) bond motifs is 5. The van der Waals surface area contributed by atoms with Crippen LogP contribution in [0.2, 0.25) is 0 Å². The first-order chi connectivity index (χ1) is 8.74. The molecule has 0 saturated heterocycles. The molecule has 0 unspecified atom stereocenters. The van der Waals surface area contributed by atoms with Crippen LogP contribution in [0, 0.1) is 13.8 Å². The van der Waals surface area contributed by atoms with Gasteiger partial charge in [-0.3, -0.25) is 0 Å². The Labute approximate surface area is 108 Å². The molecule has 1 aromatic carbocycles. The molecule has 0 aliphatic carbocycles. The van der Waals surface area contributed by atoms with Crippen LogP contribution in [0.15, 0.2) is 30.3 Å². The predicted molar refractivity (Wildman–Crippen MR) is 78.5 cm³/mol. The van der Waals surface area contributed by atoms with Gasteiger partial charge in [0.2, 0.25) is 0 Å². The number of benzene rings is 1. The van der Waals surface area contributed by atoms with Gasteiger partial charge >= 0.3 is 0 Å². The van der Waals surface area contributed by atoms with E-state index in [0.717, 1.165) is 10.5 Å². The zero-order chi connectivity index (χ0) is 12.3. The first-order valence-corrected chi connectivity index (χ1v) is 6.83. The molecule has 88 valence electrons. The van der Waals surface area contributed by atoms with E-state index in [1.54, 1.807) is 11.3 Å². The van der Waals surface area contributed by atoms with Crippen molar-refractivity contribution < 1.29 is 0 Å². The SMILES string of the molecule is Cc1cc(C)c2c(n1)sc1c3ccccc3[nH]c12. The Morgan fingerprint density at radius 1 is 1.17 bits per heavy atom. The summed E-state index contributed by atoms with van der Waals surface area (Å²) in [4.78, 5) is 9.32. The lowest BCUT2D eigenvalue weighted by atomic mass is 10.1. The van der Waals surface area contributed by atoms with Crippen LogP contribution in [-0.2, 0) is 0 Å². The third-order valence-corrected chi connectivity index (χ3v) is 4.54. The largest absolute Gasteiger partial charge is 0.353 e. The second kappa shape index (κ2) is 3.33. The maximum absolute atomic E-state index is 4.65. The van der Waals surface area contributed by atoms with Crippen molar-refractivity contribution in [2.45, 2.75) is 13.8 Å². The lowest BCUT2D eigenvalue weighted by Gasteiger charge is -1.98. The molecular formula is C15H12N2S. The Kier molecular flexibility index (Phi) is 1.87. The number of aromatic amines is 1. The third-order valence-electron chi connectivity index (χ3n) is 3.42. The smallest absolute Gasteiger partial charge is 0.126 e. The molecule has 0 saturated carbocycles. The molecule has 2 nitrogen and oxygen atoms in total. The van der Waals surface area contributed by atoms with Gasteiger partial charge in [-0.1, -0.05) is 18.2 Å². The number of H-pyrrole nitrogens is 1. The Balaban J connectivity index is 2.31. The normalized spacial score (nSPS) is 11.9. The monoisotopic (exact) mass is 252 g/mol. The quantitative estimate of drug-likeness (QED) is 0.488. The summed E-state index contributed by atoms with van der Waals surface area (Å²) in [5.41, 5.74) is 4.84. The second-order valence-electron chi connectivity index (χ2n) is 4.74. The highest BCUT2D eigenvalue weighted by Crippen LogP contribution is 2.38. The van der Waals surface area contributed by atoms with Crippen molar-refractivity contribution in [3.05, 3.63) is 41.6 Å². The van der Waals surface area contributed by atoms with E-state index in [-0.39, 0.29) is 0 Å². The molecule has 0 aliphatic heterocycles. The molecule has 0 aliphatic rings. The summed E-state index contributed by atoms with van der Waals surface area (Å²) in [6.07, 6.45) is 0. The Hall–Kier alpha value is -1.87. The number of hydrogen-bond donors (Lipinski definition) is 1. The number of nitrogens with zero attached hydrogens (tertiary/aromatic N) is 1. The van der Waals surface area contributed by atoms with Gasteiger partial charge in [0.15, 0.2) is 0 Å². The number of rotatable bonds is 0. The summed E-state index contributed by atoms with van der Waals surface area (Å²) in [6, 6.07) is 10.6. The van der Waals surface area contributed by atoms with Crippen LogP contribution in [-0.4, -0.2) is 9.97 Å². The summed E-state index contributed by atoms with van der Waals surface area (Å²) < 4.78 is 1.32. The first kappa shape index (κ1) is 10.1. The highest BCUT2D eigenvalue weighted by Gasteiger charge is 2.13. The van der Waals surface area contributed by atoms with Gasteiger partial charge in [0, 0.05) is 22.0 Å². The Morgan fingerprint density at radius 2 is 2.00 bits per heavy atom. The van der Waals surface area contributed by atoms with E-state index in [1.807, 2.05) is 0 Å². The van der Waals surface area contributed by atoms with Crippen LogP contribution < -0.4 is 0 Å². The zero-order valence-corrected chi connectivity index (χ0v) is 11.1.